The van der Waals surface area contributed by atoms with Gasteiger partial charge in [0, 0.05) is 16.1 Å². The third-order valence-corrected chi connectivity index (χ3v) is 3.88. The van der Waals surface area contributed by atoms with Gasteiger partial charge in [-0.15, -0.1) is 0 Å². The number of aryl methyl sites for hydroxylation is 1. The Morgan fingerprint density at radius 2 is 1.90 bits per heavy atom. The fourth-order valence-corrected chi connectivity index (χ4v) is 2.71. The number of hydrogen-bond acceptors (Lipinski definition) is 3. The zero-order valence-corrected chi connectivity index (χ0v) is 12.2. The molecule has 1 heterocycles. The van der Waals surface area contributed by atoms with Gasteiger partial charge in [0.25, 0.3) is 5.91 Å². The molecule has 2 aromatic rings. The number of carboxylic acid groups (broad SMARTS) is 1. The number of amides is 1. The van der Waals surface area contributed by atoms with E-state index in [0.29, 0.717) is 16.3 Å². The molecule has 104 valence electrons. The van der Waals surface area contributed by atoms with E-state index in [1.54, 1.807) is 29.6 Å². The molecule has 0 fully saturated rings. The summed E-state index contributed by atoms with van der Waals surface area (Å²) in [6.07, 6.45) is 0. The molecule has 0 unspecified atom stereocenters. The first-order valence-electron chi connectivity index (χ1n) is 5.81. The Labute approximate surface area is 125 Å². The molecule has 0 atom stereocenters. The average molecular weight is 310 g/mol. The maximum absolute atomic E-state index is 12.5. The molecule has 0 bridgehead atoms. The van der Waals surface area contributed by atoms with Crippen molar-refractivity contribution in [2.24, 2.45) is 0 Å². The van der Waals surface area contributed by atoms with Crippen LogP contribution >= 0.6 is 22.9 Å². The lowest BCUT2D eigenvalue weighted by atomic mass is 10.2. The van der Waals surface area contributed by atoms with Gasteiger partial charge in [0.1, 0.15) is 6.54 Å². The Bertz CT molecular complexity index is 636. The maximum atomic E-state index is 12.5. The number of anilines is 1. The molecule has 20 heavy (non-hydrogen) atoms. The number of halogens is 1. The van der Waals surface area contributed by atoms with Crippen LogP contribution in [0.5, 0.6) is 0 Å². The summed E-state index contributed by atoms with van der Waals surface area (Å²) in [5, 5.41) is 13.1. The van der Waals surface area contributed by atoms with Gasteiger partial charge in [0.2, 0.25) is 0 Å². The van der Waals surface area contributed by atoms with E-state index in [2.05, 4.69) is 0 Å². The molecule has 6 heteroatoms. The van der Waals surface area contributed by atoms with Gasteiger partial charge in [-0.25, -0.2) is 0 Å². The normalized spacial score (nSPS) is 10.3. The molecule has 1 N–H and O–H groups in total. The van der Waals surface area contributed by atoms with Crippen LogP contribution in [0.25, 0.3) is 0 Å². The van der Waals surface area contributed by atoms with Gasteiger partial charge < -0.3 is 5.11 Å². The minimum absolute atomic E-state index is 0.325. The maximum Gasteiger partial charge on any atom is 0.323 e. The quantitative estimate of drug-likeness (QED) is 0.941. The molecule has 0 aliphatic heterocycles. The minimum Gasteiger partial charge on any atom is -0.480 e. The Kier molecular flexibility index (Phi) is 4.42. The molecule has 0 spiro atoms. The monoisotopic (exact) mass is 309 g/mol. The van der Waals surface area contributed by atoms with Crippen LogP contribution in [-0.2, 0) is 4.79 Å². The van der Waals surface area contributed by atoms with Crippen LogP contribution in [0.2, 0.25) is 5.02 Å². The first kappa shape index (κ1) is 14.6. The van der Waals surface area contributed by atoms with E-state index in [9.17, 15) is 9.59 Å². The largest absolute Gasteiger partial charge is 0.480 e. The van der Waals surface area contributed by atoms with Gasteiger partial charge in [-0.05, 0) is 42.1 Å². The third-order valence-electron chi connectivity index (χ3n) is 2.76. The summed E-state index contributed by atoms with van der Waals surface area (Å²) >= 11 is 7.22. The van der Waals surface area contributed by atoms with E-state index in [1.807, 2.05) is 12.3 Å². The van der Waals surface area contributed by atoms with Crippen molar-refractivity contribution in [1.82, 2.24) is 0 Å². The van der Waals surface area contributed by atoms with Crippen molar-refractivity contribution in [2.75, 3.05) is 11.4 Å². The van der Waals surface area contributed by atoms with Crippen LogP contribution in [0.4, 0.5) is 5.69 Å². The van der Waals surface area contributed by atoms with Crippen LogP contribution in [0.3, 0.4) is 0 Å². The van der Waals surface area contributed by atoms with Crippen LogP contribution < -0.4 is 4.90 Å². The summed E-state index contributed by atoms with van der Waals surface area (Å²) in [5.41, 5.74) is 1.86. The van der Waals surface area contributed by atoms with Crippen molar-refractivity contribution in [3.05, 3.63) is 51.2 Å². The van der Waals surface area contributed by atoms with Gasteiger partial charge in [0.05, 0.1) is 5.56 Å². The zero-order chi connectivity index (χ0) is 14.7. The summed E-state index contributed by atoms with van der Waals surface area (Å²) < 4.78 is 0. The van der Waals surface area contributed by atoms with Gasteiger partial charge in [-0.3, -0.25) is 14.5 Å². The highest BCUT2D eigenvalue weighted by atomic mass is 35.5. The lowest BCUT2D eigenvalue weighted by molar-refractivity contribution is -0.135. The summed E-state index contributed by atoms with van der Waals surface area (Å²) in [4.78, 5) is 24.7. The predicted molar refractivity (Wildman–Crippen MR) is 79.8 cm³/mol. The average Bonchev–Trinajstić information content (AvgIpc) is 2.82. The Hall–Kier alpha value is -1.85. The highest BCUT2D eigenvalue weighted by molar-refractivity contribution is 7.08. The second kappa shape index (κ2) is 6.07. The first-order valence-corrected chi connectivity index (χ1v) is 7.13. The van der Waals surface area contributed by atoms with Crippen LogP contribution in [-0.4, -0.2) is 23.5 Å². The number of thiophene rings is 1. The molecule has 2 rings (SSSR count). The second-order valence-corrected chi connectivity index (χ2v) is 5.41. The van der Waals surface area contributed by atoms with E-state index in [-0.39, 0.29) is 5.91 Å². The van der Waals surface area contributed by atoms with Gasteiger partial charge in [-0.2, -0.15) is 11.3 Å². The SMILES string of the molecule is Cc1cscc1C(=O)N(CC(=O)O)c1ccc(Cl)cc1. The van der Waals surface area contributed by atoms with E-state index < -0.39 is 12.5 Å². The topological polar surface area (TPSA) is 57.6 Å². The molecule has 1 amide bonds. The highest BCUT2D eigenvalue weighted by Crippen LogP contribution is 2.22. The number of hydrogen-bond donors (Lipinski definition) is 1. The summed E-state index contributed by atoms with van der Waals surface area (Å²) in [6.45, 7) is 1.43. The smallest absolute Gasteiger partial charge is 0.323 e. The van der Waals surface area contributed by atoms with E-state index in [1.165, 1.54) is 16.2 Å². The Morgan fingerprint density at radius 1 is 1.25 bits per heavy atom. The minimum atomic E-state index is -1.07. The standard InChI is InChI=1S/C14H12ClNO3S/c1-9-7-20-8-12(9)14(19)16(6-13(17)18)11-4-2-10(15)3-5-11/h2-5,7-8H,6H2,1H3,(H,17,18). The summed E-state index contributed by atoms with van der Waals surface area (Å²) in [6, 6.07) is 6.51. The van der Waals surface area contributed by atoms with Crippen molar-refractivity contribution >= 4 is 40.5 Å². The summed E-state index contributed by atoms with van der Waals surface area (Å²) in [5.74, 6) is -1.39. The van der Waals surface area contributed by atoms with E-state index in [0.717, 1.165) is 5.56 Å². The number of carboxylic acids is 1. The molecule has 0 saturated carbocycles. The van der Waals surface area contributed by atoms with Crippen LogP contribution in [0, 0.1) is 6.92 Å². The fraction of sp³-hybridized carbons (Fsp3) is 0.143. The highest BCUT2D eigenvalue weighted by Gasteiger charge is 2.22. The third kappa shape index (κ3) is 3.18. The number of rotatable bonds is 4. The van der Waals surface area contributed by atoms with Crippen molar-refractivity contribution in [3.63, 3.8) is 0 Å². The summed E-state index contributed by atoms with van der Waals surface area (Å²) in [7, 11) is 0. The number of carbonyl (C=O) groups is 2. The Balaban J connectivity index is 2.37. The van der Waals surface area contributed by atoms with Crippen molar-refractivity contribution in [3.8, 4) is 0 Å². The molecule has 0 saturated heterocycles. The Morgan fingerprint density at radius 3 is 2.40 bits per heavy atom. The van der Waals surface area contributed by atoms with Crippen molar-refractivity contribution in [1.29, 1.82) is 0 Å². The van der Waals surface area contributed by atoms with Crippen molar-refractivity contribution in [2.45, 2.75) is 6.92 Å². The molecule has 0 radical (unpaired) electrons. The van der Waals surface area contributed by atoms with Crippen molar-refractivity contribution < 1.29 is 14.7 Å². The van der Waals surface area contributed by atoms with Crippen LogP contribution in [0.1, 0.15) is 15.9 Å². The van der Waals surface area contributed by atoms with Gasteiger partial charge in [0.15, 0.2) is 0 Å². The molecular formula is C14H12ClNO3S. The molecule has 1 aromatic heterocycles. The second-order valence-electron chi connectivity index (χ2n) is 4.23. The lowest BCUT2D eigenvalue weighted by Gasteiger charge is -2.21. The zero-order valence-electron chi connectivity index (χ0n) is 10.7. The van der Waals surface area contributed by atoms with E-state index in [4.69, 9.17) is 16.7 Å². The number of benzene rings is 1. The molecule has 4 nitrogen and oxygen atoms in total. The molecule has 0 aliphatic carbocycles. The number of aliphatic carboxylic acids is 1. The van der Waals surface area contributed by atoms with Gasteiger partial charge >= 0.3 is 5.97 Å². The van der Waals surface area contributed by atoms with Gasteiger partial charge in [-0.1, -0.05) is 11.6 Å². The van der Waals surface area contributed by atoms with Crippen LogP contribution in [0.15, 0.2) is 35.0 Å². The first-order chi connectivity index (χ1) is 9.49. The molecule has 0 aliphatic rings. The van der Waals surface area contributed by atoms with E-state index >= 15 is 0 Å². The number of nitrogens with zero attached hydrogens (tertiary/aromatic N) is 1. The molecule has 1 aromatic carbocycles. The molecular weight excluding hydrogens is 298 g/mol. The fourth-order valence-electron chi connectivity index (χ4n) is 1.76. The lowest BCUT2D eigenvalue weighted by Crippen LogP contribution is -2.35. The number of carbonyl (C=O) groups excluding carboxylic acids is 1. The predicted octanol–water partition coefficient (Wildman–Crippen LogP) is 3.44.